The molecule has 0 heterocycles. The monoisotopic (exact) mass is 450 g/mol. The van der Waals surface area contributed by atoms with E-state index in [0.29, 0.717) is 0 Å². The quantitative estimate of drug-likeness (QED) is 0.289. The first-order valence-corrected chi connectivity index (χ1v) is 7.55. The van der Waals surface area contributed by atoms with Gasteiger partial charge in [-0.2, -0.15) is 0 Å². The minimum absolute atomic E-state index is 0. The van der Waals surface area contributed by atoms with Gasteiger partial charge in [0.05, 0.1) is 15.4 Å². The van der Waals surface area contributed by atoms with Gasteiger partial charge in [-0.3, -0.25) is 0 Å². The summed E-state index contributed by atoms with van der Waals surface area (Å²) in [5.74, 6) is -0.470. The smallest absolute Gasteiger partial charge is 1.00 e. The van der Waals surface area contributed by atoms with Crippen molar-refractivity contribution in [3.63, 3.8) is 0 Å². The maximum absolute atomic E-state index is 6.57. The summed E-state index contributed by atoms with van der Waals surface area (Å²) < 4.78 is -1.48. The Bertz CT molecular complexity index is 490. The number of fused-ring (bicyclic) bond motifs is 5. The van der Waals surface area contributed by atoms with Crippen molar-refractivity contribution in [3.05, 3.63) is 22.2 Å². The Morgan fingerprint density at radius 3 is 1.90 bits per heavy atom. The fourth-order valence-corrected chi connectivity index (χ4v) is 6.60. The standard InChI is InChI=1S/C10H5Cl7.ClH.Mg.H2O.2H/c11-4-2-1-3-5(4)9(15)7(13)6(12)8(3,14)10(9,16)17;;;;;/h1-5H;1H;;1H2;;/q;;+2;;2*-1. The Morgan fingerprint density at radius 2 is 1.40 bits per heavy atom. The van der Waals surface area contributed by atoms with Crippen LogP contribution in [0.4, 0.5) is 0 Å². The third-order valence-electron chi connectivity index (χ3n) is 3.90. The summed E-state index contributed by atoms with van der Waals surface area (Å²) in [5.41, 5.74) is 0. The van der Waals surface area contributed by atoms with Gasteiger partial charge in [-0.15, -0.1) is 47.2 Å². The molecule has 0 spiro atoms. The van der Waals surface area contributed by atoms with Crippen LogP contribution in [0.1, 0.15) is 2.85 Å². The van der Waals surface area contributed by atoms with Gasteiger partial charge in [0.1, 0.15) is 9.75 Å². The van der Waals surface area contributed by atoms with Crippen LogP contribution in [-0.4, -0.2) is 48.0 Å². The first-order valence-electron chi connectivity index (χ1n) is 4.85. The zero-order valence-corrected chi connectivity index (χ0v) is 17.2. The topological polar surface area (TPSA) is 31.5 Å². The van der Waals surface area contributed by atoms with Crippen molar-refractivity contribution in [2.45, 2.75) is 19.5 Å². The van der Waals surface area contributed by atoms with Crippen molar-refractivity contribution < 1.29 is 8.33 Å². The van der Waals surface area contributed by atoms with Gasteiger partial charge in [0.2, 0.25) is 0 Å². The molecule has 1 fully saturated rings. The molecular weight excluding hydrogens is 444 g/mol. The van der Waals surface area contributed by atoms with Gasteiger partial charge in [0, 0.05) is 11.8 Å². The molecule has 0 radical (unpaired) electrons. The molecule has 0 aromatic heterocycles. The molecule has 0 amide bonds. The number of hydrogen-bond acceptors (Lipinski definition) is 0. The third kappa shape index (κ3) is 2.07. The van der Waals surface area contributed by atoms with Crippen LogP contribution in [0.3, 0.4) is 0 Å². The maximum atomic E-state index is 6.57. The average Bonchev–Trinajstić information content (AvgIpc) is 2.73. The minimum Gasteiger partial charge on any atom is -1.00 e. The van der Waals surface area contributed by atoms with Crippen LogP contribution in [0.5, 0.6) is 0 Å². The van der Waals surface area contributed by atoms with Crippen LogP contribution in [0, 0.1) is 11.8 Å². The first-order chi connectivity index (χ1) is 7.70. The predicted octanol–water partition coefficient (Wildman–Crippen LogP) is 4.68. The summed E-state index contributed by atoms with van der Waals surface area (Å²) >= 11 is 44.5. The molecule has 0 aromatic carbocycles. The van der Waals surface area contributed by atoms with Crippen molar-refractivity contribution in [3.8, 4) is 0 Å². The summed E-state index contributed by atoms with van der Waals surface area (Å²) in [6.07, 6.45) is 3.69. The second-order valence-electron chi connectivity index (χ2n) is 4.51. The molecule has 1 saturated carbocycles. The van der Waals surface area contributed by atoms with Crippen molar-refractivity contribution in [2.24, 2.45) is 11.8 Å². The van der Waals surface area contributed by atoms with E-state index in [1.165, 1.54) is 0 Å². The van der Waals surface area contributed by atoms with E-state index in [1.54, 1.807) is 0 Å². The molecule has 3 aliphatic carbocycles. The van der Waals surface area contributed by atoms with Gasteiger partial charge < -0.3 is 8.33 Å². The van der Waals surface area contributed by atoms with Gasteiger partial charge in [0.25, 0.3) is 0 Å². The van der Waals surface area contributed by atoms with Crippen LogP contribution in [0.25, 0.3) is 0 Å². The molecule has 2 bridgehead atoms. The number of alkyl halides is 5. The predicted molar refractivity (Wildman–Crippen MR) is 94.9 cm³/mol. The summed E-state index contributed by atoms with van der Waals surface area (Å²) in [5, 5.41) is 0.113. The Kier molecular flexibility index (Phi) is 7.25. The molecule has 0 saturated heterocycles. The van der Waals surface area contributed by atoms with E-state index in [0.717, 1.165) is 0 Å². The SMILES string of the molecule is Cl.ClC1=C(Cl)C2(Cl)C3C(Cl)C=CC3C1(Cl)C2(Cl)Cl.O.[H-].[H-].[Mg+2]. The van der Waals surface area contributed by atoms with Gasteiger partial charge in [0.15, 0.2) is 4.33 Å². The summed E-state index contributed by atoms with van der Waals surface area (Å²) in [6, 6.07) is 0. The second-order valence-corrected chi connectivity index (χ2v) is 8.29. The molecule has 0 aliphatic heterocycles. The summed E-state index contributed by atoms with van der Waals surface area (Å²) in [4.78, 5) is -2.45. The molecule has 5 atom stereocenters. The molecule has 2 N–H and O–H groups in total. The van der Waals surface area contributed by atoms with Gasteiger partial charge in [-0.05, 0) is 0 Å². The molecular formula is C10H10Cl8MgO. The number of halogens is 8. The van der Waals surface area contributed by atoms with Crippen LogP contribution in [-0.2, 0) is 0 Å². The zero-order valence-electron chi connectivity index (χ0n) is 11.6. The van der Waals surface area contributed by atoms with Crippen molar-refractivity contribution in [1.82, 2.24) is 0 Å². The molecule has 3 aliphatic rings. The third-order valence-corrected chi connectivity index (χ3v) is 8.61. The average molecular weight is 454 g/mol. The van der Waals surface area contributed by atoms with E-state index < -0.39 is 14.1 Å². The zero-order chi connectivity index (χ0) is 12.8. The molecule has 20 heavy (non-hydrogen) atoms. The second kappa shape index (κ2) is 6.44. The molecule has 3 rings (SSSR count). The Hall–Kier alpha value is 2.53. The maximum Gasteiger partial charge on any atom is 2.00 e. The fourth-order valence-electron chi connectivity index (χ4n) is 3.08. The normalized spacial score (nSPS) is 46.5. The van der Waals surface area contributed by atoms with Crippen LogP contribution in [0.2, 0.25) is 0 Å². The van der Waals surface area contributed by atoms with Crippen molar-refractivity contribution in [2.75, 3.05) is 0 Å². The Labute approximate surface area is 177 Å². The largest absolute Gasteiger partial charge is 2.00 e. The van der Waals surface area contributed by atoms with Crippen molar-refractivity contribution >= 4 is 117 Å². The fraction of sp³-hybridized carbons (Fsp3) is 0.600. The van der Waals surface area contributed by atoms with Crippen LogP contribution < -0.4 is 0 Å². The van der Waals surface area contributed by atoms with E-state index in [4.69, 9.17) is 81.2 Å². The number of hydrogen-bond donors (Lipinski definition) is 0. The van der Waals surface area contributed by atoms with E-state index in [9.17, 15) is 0 Å². The molecule has 10 heteroatoms. The number of allylic oxidation sites excluding steroid dienone is 4. The molecule has 0 aromatic rings. The van der Waals surface area contributed by atoms with Crippen molar-refractivity contribution in [1.29, 1.82) is 0 Å². The van der Waals surface area contributed by atoms with E-state index in [1.807, 2.05) is 12.2 Å². The first kappa shape index (κ1) is 22.5. The summed E-state index contributed by atoms with van der Waals surface area (Å²) in [6.45, 7) is 0. The van der Waals surface area contributed by atoms with Gasteiger partial charge in [-0.1, -0.05) is 58.6 Å². The van der Waals surface area contributed by atoms with Crippen LogP contribution >= 0.6 is 93.6 Å². The minimum atomic E-state index is -1.48. The van der Waals surface area contributed by atoms with Gasteiger partial charge >= 0.3 is 23.1 Å². The number of rotatable bonds is 0. The Balaban J connectivity index is -0.000000722. The van der Waals surface area contributed by atoms with Crippen LogP contribution in [0.15, 0.2) is 22.2 Å². The Morgan fingerprint density at radius 1 is 0.950 bits per heavy atom. The van der Waals surface area contributed by atoms with E-state index >= 15 is 0 Å². The van der Waals surface area contributed by atoms with E-state index in [2.05, 4.69) is 0 Å². The summed E-state index contributed by atoms with van der Waals surface area (Å²) in [7, 11) is 0. The van der Waals surface area contributed by atoms with E-state index in [-0.39, 0.29) is 71.1 Å². The molecule has 114 valence electrons. The van der Waals surface area contributed by atoms with Gasteiger partial charge in [-0.25, -0.2) is 0 Å². The molecule has 5 unspecified atom stereocenters. The molecule has 1 nitrogen and oxygen atoms in total.